The predicted octanol–water partition coefficient (Wildman–Crippen LogP) is 2.30. The van der Waals surface area contributed by atoms with Crippen molar-refractivity contribution in [3.05, 3.63) is 23.8 Å². The number of rotatable bonds is 2. The smallest absolute Gasteiger partial charge is 0.339 e. The summed E-state index contributed by atoms with van der Waals surface area (Å²) in [5.41, 5.74) is 0.112. The summed E-state index contributed by atoms with van der Waals surface area (Å²) in [6.07, 6.45) is 0. The molecule has 0 aliphatic heterocycles. The summed E-state index contributed by atoms with van der Waals surface area (Å²) in [6.45, 7) is 5.79. The van der Waals surface area contributed by atoms with Crippen LogP contribution in [0.3, 0.4) is 0 Å². The molecule has 4 nitrogen and oxygen atoms in total. The zero-order valence-corrected chi connectivity index (χ0v) is 9.03. The molecule has 15 heavy (non-hydrogen) atoms. The van der Waals surface area contributed by atoms with E-state index in [0.29, 0.717) is 5.69 Å². The monoisotopic (exact) mass is 209 g/mol. The van der Waals surface area contributed by atoms with Crippen LogP contribution in [0.2, 0.25) is 0 Å². The summed E-state index contributed by atoms with van der Waals surface area (Å²) in [5, 5.41) is 21.5. The van der Waals surface area contributed by atoms with Crippen molar-refractivity contribution in [2.24, 2.45) is 0 Å². The molecule has 0 aliphatic rings. The maximum Gasteiger partial charge on any atom is 0.339 e. The van der Waals surface area contributed by atoms with Gasteiger partial charge in [-0.1, -0.05) is 6.07 Å². The van der Waals surface area contributed by atoms with Crippen molar-refractivity contribution in [1.82, 2.24) is 0 Å². The third-order valence-corrected chi connectivity index (χ3v) is 1.78. The van der Waals surface area contributed by atoms with Crippen LogP contribution in [0.5, 0.6) is 5.75 Å². The highest BCUT2D eigenvalue weighted by Gasteiger charge is 2.16. The first-order valence-electron chi connectivity index (χ1n) is 4.65. The summed E-state index contributed by atoms with van der Waals surface area (Å²) >= 11 is 0. The topological polar surface area (TPSA) is 69.6 Å². The molecule has 0 aliphatic carbocycles. The van der Waals surface area contributed by atoms with Gasteiger partial charge in [-0.3, -0.25) is 0 Å². The second-order valence-electron chi connectivity index (χ2n) is 4.38. The van der Waals surface area contributed by atoms with Crippen LogP contribution in [-0.2, 0) is 0 Å². The lowest BCUT2D eigenvalue weighted by Crippen LogP contribution is -2.26. The normalized spacial score (nSPS) is 11.1. The molecule has 0 radical (unpaired) electrons. The molecule has 4 heteroatoms. The Labute approximate surface area is 88.6 Å². The molecule has 0 fully saturated rings. The Morgan fingerprint density at radius 3 is 2.40 bits per heavy atom. The average Bonchev–Trinajstić information content (AvgIpc) is 2.05. The van der Waals surface area contributed by atoms with Gasteiger partial charge in [0.25, 0.3) is 0 Å². The van der Waals surface area contributed by atoms with Crippen molar-refractivity contribution in [3.63, 3.8) is 0 Å². The van der Waals surface area contributed by atoms with E-state index in [9.17, 15) is 9.90 Å². The summed E-state index contributed by atoms with van der Waals surface area (Å²) in [5.74, 6) is -1.36. The molecule has 0 heterocycles. The van der Waals surface area contributed by atoms with Crippen LogP contribution >= 0.6 is 0 Å². The zero-order chi connectivity index (χ0) is 11.6. The van der Waals surface area contributed by atoms with Gasteiger partial charge in [0.1, 0.15) is 5.56 Å². The Morgan fingerprint density at radius 1 is 1.33 bits per heavy atom. The first kappa shape index (κ1) is 11.4. The third-order valence-electron chi connectivity index (χ3n) is 1.78. The molecule has 0 bridgehead atoms. The molecule has 0 amide bonds. The number of hydrogen-bond acceptors (Lipinski definition) is 3. The van der Waals surface area contributed by atoms with Crippen molar-refractivity contribution in [2.75, 3.05) is 5.32 Å². The molecule has 0 saturated heterocycles. The van der Waals surface area contributed by atoms with E-state index in [2.05, 4.69) is 5.32 Å². The van der Waals surface area contributed by atoms with Gasteiger partial charge in [-0.25, -0.2) is 4.79 Å². The molecular weight excluding hydrogens is 194 g/mol. The van der Waals surface area contributed by atoms with Gasteiger partial charge in [0.05, 0.1) is 5.69 Å². The van der Waals surface area contributed by atoms with Crippen LogP contribution in [0.25, 0.3) is 0 Å². The van der Waals surface area contributed by atoms with Gasteiger partial charge in [-0.05, 0) is 32.9 Å². The molecule has 1 rings (SSSR count). The van der Waals surface area contributed by atoms with Gasteiger partial charge >= 0.3 is 5.97 Å². The minimum absolute atomic E-state index is 0.0933. The minimum Gasteiger partial charge on any atom is -0.505 e. The molecule has 82 valence electrons. The van der Waals surface area contributed by atoms with Crippen LogP contribution in [-0.4, -0.2) is 21.7 Å². The fraction of sp³-hybridized carbons (Fsp3) is 0.364. The summed E-state index contributed by atoms with van der Waals surface area (Å²) < 4.78 is 0. The van der Waals surface area contributed by atoms with E-state index in [1.54, 1.807) is 12.1 Å². The van der Waals surface area contributed by atoms with Gasteiger partial charge in [-0.15, -0.1) is 0 Å². The van der Waals surface area contributed by atoms with Crippen molar-refractivity contribution in [2.45, 2.75) is 26.3 Å². The van der Waals surface area contributed by atoms with Gasteiger partial charge < -0.3 is 15.5 Å². The number of aromatic carboxylic acids is 1. The maximum absolute atomic E-state index is 10.8. The molecule has 0 saturated carbocycles. The van der Waals surface area contributed by atoms with Gasteiger partial charge in [0.2, 0.25) is 0 Å². The quantitative estimate of drug-likeness (QED) is 0.654. The largest absolute Gasteiger partial charge is 0.505 e. The van der Waals surface area contributed by atoms with E-state index in [0.717, 1.165) is 0 Å². The Bertz CT molecular complexity index is 380. The maximum atomic E-state index is 10.8. The van der Waals surface area contributed by atoms with E-state index >= 15 is 0 Å². The highest BCUT2D eigenvalue weighted by molar-refractivity contribution is 5.93. The molecule has 0 aromatic heterocycles. The fourth-order valence-electron chi connectivity index (χ4n) is 1.22. The van der Waals surface area contributed by atoms with Crippen molar-refractivity contribution in [3.8, 4) is 5.75 Å². The van der Waals surface area contributed by atoms with Gasteiger partial charge in [-0.2, -0.15) is 0 Å². The Kier molecular flexibility index (Phi) is 2.88. The number of aromatic hydroxyl groups is 1. The highest BCUT2D eigenvalue weighted by atomic mass is 16.4. The predicted molar refractivity (Wildman–Crippen MR) is 58.4 cm³/mol. The standard InChI is InChI=1S/C11H15NO3/c1-11(2,3)12-8-6-4-5-7(9(8)13)10(14)15/h4-6,12-13H,1-3H3,(H,14,15). The summed E-state index contributed by atoms with van der Waals surface area (Å²) in [7, 11) is 0. The molecule has 0 atom stereocenters. The molecule has 0 unspecified atom stereocenters. The minimum atomic E-state index is -1.13. The molecule has 0 spiro atoms. The average molecular weight is 209 g/mol. The number of carboxylic acid groups (broad SMARTS) is 1. The summed E-state index contributed by atoms with van der Waals surface area (Å²) in [6, 6.07) is 4.61. The lowest BCUT2D eigenvalue weighted by atomic mass is 10.1. The number of phenols is 1. The Hall–Kier alpha value is -1.71. The van der Waals surface area contributed by atoms with Gasteiger partial charge in [0.15, 0.2) is 5.75 Å². The summed E-state index contributed by atoms with van der Waals surface area (Å²) in [4.78, 5) is 10.8. The Balaban J connectivity index is 3.10. The number of anilines is 1. The number of carbonyl (C=O) groups is 1. The molecule has 3 N–H and O–H groups in total. The second kappa shape index (κ2) is 3.81. The Morgan fingerprint density at radius 2 is 1.93 bits per heavy atom. The van der Waals surface area contributed by atoms with Crippen LogP contribution in [0.1, 0.15) is 31.1 Å². The van der Waals surface area contributed by atoms with Crippen LogP contribution in [0.15, 0.2) is 18.2 Å². The zero-order valence-electron chi connectivity index (χ0n) is 9.03. The second-order valence-corrected chi connectivity index (χ2v) is 4.38. The van der Waals surface area contributed by atoms with Crippen molar-refractivity contribution >= 4 is 11.7 Å². The van der Waals surface area contributed by atoms with Crippen LogP contribution < -0.4 is 5.32 Å². The lowest BCUT2D eigenvalue weighted by molar-refractivity contribution is 0.0694. The van der Waals surface area contributed by atoms with Crippen molar-refractivity contribution < 1.29 is 15.0 Å². The molecule has 1 aromatic carbocycles. The number of para-hydroxylation sites is 1. The van der Waals surface area contributed by atoms with Crippen molar-refractivity contribution in [1.29, 1.82) is 0 Å². The first-order valence-corrected chi connectivity index (χ1v) is 4.65. The van der Waals surface area contributed by atoms with E-state index in [1.807, 2.05) is 20.8 Å². The third kappa shape index (κ3) is 2.87. The number of nitrogens with one attached hydrogen (secondary N) is 1. The van der Waals surface area contributed by atoms with E-state index in [-0.39, 0.29) is 16.9 Å². The fourth-order valence-corrected chi connectivity index (χ4v) is 1.22. The first-order chi connectivity index (χ1) is 6.81. The van der Waals surface area contributed by atoms with Crippen LogP contribution in [0, 0.1) is 0 Å². The van der Waals surface area contributed by atoms with Gasteiger partial charge in [0, 0.05) is 5.54 Å². The number of carboxylic acids is 1. The number of hydrogen-bond donors (Lipinski definition) is 3. The van der Waals surface area contributed by atoms with E-state index < -0.39 is 5.97 Å². The SMILES string of the molecule is CC(C)(C)Nc1cccc(C(=O)O)c1O. The van der Waals surface area contributed by atoms with Crippen LogP contribution in [0.4, 0.5) is 5.69 Å². The molecule has 1 aromatic rings. The van der Waals surface area contributed by atoms with E-state index in [4.69, 9.17) is 5.11 Å². The highest BCUT2D eigenvalue weighted by Crippen LogP contribution is 2.29. The number of benzene rings is 1. The van der Waals surface area contributed by atoms with E-state index in [1.165, 1.54) is 6.07 Å². The molecular formula is C11H15NO3. The lowest BCUT2D eigenvalue weighted by Gasteiger charge is -2.23.